The lowest BCUT2D eigenvalue weighted by Crippen LogP contribution is -2.54. The number of nitrogens with zero attached hydrogens (tertiary/aromatic N) is 3. The number of likely N-dealkylation sites (tertiary alicyclic amines) is 1. The highest BCUT2D eigenvalue weighted by Gasteiger charge is 2.53. The van der Waals surface area contributed by atoms with Gasteiger partial charge < -0.3 is 23.7 Å². The van der Waals surface area contributed by atoms with Crippen molar-refractivity contribution in [2.24, 2.45) is 11.3 Å². The first-order valence-corrected chi connectivity index (χ1v) is 13.2. The van der Waals surface area contributed by atoms with Gasteiger partial charge in [0.15, 0.2) is 11.5 Å². The molecule has 2 aromatic rings. The van der Waals surface area contributed by atoms with E-state index in [-0.39, 0.29) is 28.9 Å². The summed E-state index contributed by atoms with van der Waals surface area (Å²) in [7, 11) is 0. The number of ether oxygens (including phenoxy) is 3. The van der Waals surface area contributed by atoms with Crippen LogP contribution < -0.4 is 9.47 Å². The van der Waals surface area contributed by atoms with E-state index in [0.29, 0.717) is 19.6 Å². The van der Waals surface area contributed by atoms with Crippen molar-refractivity contribution in [2.45, 2.75) is 78.0 Å². The number of imidazole rings is 1. The van der Waals surface area contributed by atoms with Crippen LogP contribution in [0.4, 0.5) is 0 Å². The molecular weight excluding hydrogens is 442 g/mol. The van der Waals surface area contributed by atoms with Gasteiger partial charge in [0.1, 0.15) is 11.4 Å². The average molecular weight is 482 g/mol. The van der Waals surface area contributed by atoms with Crippen molar-refractivity contribution < 1.29 is 19.0 Å². The molecule has 0 radical (unpaired) electrons. The number of hydrogen-bond acceptors (Lipinski definition) is 5. The molecule has 0 N–H and O–H groups in total. The molecule has 1 aromatic carbocycles. The molecule has 0 saturated carbocycles. The number of piperidine rings is 1. The standard InChI is InChI=1S/C28H39N3O4/c1-5-23-29-13-17-30(23)14-10-24(32)31-15-11-28(12-16-31)18-21-25(34-19-28)20-8-7-9-22(33-6-2)26(20)35-27(21,3)4/h7-9,13,17,21,25H,5-6,10-12,14-16,18-19H2,1-4H3/t21-,25+/m0/s1. The molecule has 0 bridgehead atoms. The first-order chi connectivity index (χ1) is 16.9. The number of aromatic nitrogens is 2. The summed E-state index contributed by atoms with van der Waals surface area (Å²) in [4.78, 5) is 19.4. The van der Waals surface area contributed by atoms with Crippen molar-refractivity contribution in [3.63, 3.8) is 0 Å². The smallest absolute Gasteiger partial charge is 0.224 e. The van der Waals surface area contributed by atoms with Crippen LogP contribution in [0.5, 0.6) is 11.5 Å². The number of carbonyl (C=O) groups excluding carboxylic acids is 1. The van der Waals surface area contributed by atoms with Gasteiger partial charge in [0, 0.05) is 56.4 Å². The number of carbonyl (C=O) groups is 1. The molecule has 0 aliphatic carbocycles. The van der Waals surface area contributed by atoms with Crippen LogP contribution in [0.15, 0.2) is 30.6 Å². The second kappa shape index (κ2) is 9.49. The molecule has 2 atom stereocenters. The highest BCUT2D eigenvalue weighted by molar-refractivity contribution is 5.76. The first-order valence-electron chi connectivity index (χ1n) is 13.2. The molecule has 2 fully saturated rings. The molecule has 0 unspecified atom stereocenters. The summed E-state index contributed by atoms with van der Waals surface area (Å²) < 4.78 is 21.2. The minimum atomic E-state index is -0.354. The van der Waals surface area contributed by atoms with E-state index in [1.54, 1.807) is 0 Å². The van der Waals surface area contributed by atoms with Crippen molar-refractivity contribution in [2.75, 3.05) is 26.3 Å². The van der Waals surface area contributed by atoms with Gasteiger partial charge in [-0.1, -0.05) is 19.1 Å². The van der Waals surface area contributed by atoms with Crippen LogP contribution in [0.2, 0.25) is 0 Å². The molecular formula is C28H39N3O4. The number of hydrogen-bond donors (Lipinski definition) is 0. The molecule has 5 rings (SSSR count). The zero-order valence-electron chi connectivity index (χ0n) is 21.6. The van der Waals surface area contributed by atoms with Crippen molar-refractivity contribution in [1.82, 2.24) is 14.5 Å². The van der Waals surface area contributed by atoms with Gasteiger partial charge in [-0.3, -0.25) is 4.79 Å². The lowest BCUT2D eigenvalue weighted by atomic mass is 9.64. The summed E-state index contributed by atoms with van der Waals surface area (Å²) in [6.45, 7) is 12.1. The Morgan fingerprint density at radius 1 is 1.23 bits per heavy atom. The molecule has 190 valence electrons. The molecule has 7 nitrogen and oxygen atoms in total. The van der Waals surface area contributed by atoms with Crippen LogP contribution in [0.25, 0.3) is 0 Å². The summed E-state index contributed by atoms with van der Waals surface area (Å²) in [5.41, 5.74) is 0.856. The quantitative estimate of drug-likeness (QED) is 0.593. The number of benzene rings is 1. The fourth-order valence-electron chi connectivity index (χ4n) is 6.22. The Kier molecular flexibility index (Phi) is 6.55. The van der Waals surface area contributed by atoms with Gasteiger partial charge in [-0.15, -0.1) is 0 Å². The molecule has 1 aromatic heterocycles. The highest BCUT2D eigenvalue weighted by Crippen LogP contribution is 2.57. The maximum absolute atomic E-state index is 12.9. The van der Waals surface area contributed by atoms with Crippen LogP contribution in [0.1, 0.15) is 70.9 Å². The van der Waals surface area contributed by atoms with E-state index in [9.17, 15) is 4.79 Å². The third-order valence-corrected chi connectivity index (χ3v) is 8.32. The lowest BCUT2D eigenvalue weighted by Gasteiger charge is -2.54. The van der Waals surface area contributed by atoms with Crippen molar-refractivity contribution in [3.05, 3.63) is 42.0 Å². The van der Waals surface area contributed by atoms with Crippen LogP contribution in [0, 0.1) is 11.3 Å². The fraction of sp³-hybridized carbons (Fsp3) is 0.643. The van der Waals surface area contributed by atoms with Gasteiger partial charge in [-0.05, 0) is 51.5 Å². The van der Waals surface area contributed by atoms with Gasteiger partial charge in [-0.25, -0.2) is 4.98 Å². The normalized spacial score (nSPS) is 24.4. The summed E-state index contributed by atoms with van der Waals surface area (Å²) in [5.74, 6) is 3.17. The monoisotopic (exact) mass is 481 g/mol. The number of aryl methyl sites for hydroxylation is 2. The minimum Gasteiger partial charge on any atom is -0.490 e. The zero-order chi connectivity index (χ0) is 24.6. The Balaban J connectivity index is 1.23. The fourth-order valence-corrected chi connectivity index (χ4v) is 6.22. The molecule has 3 aliphatic heterocycles. The number of fused-ring (bicyclic) bond motifs is 3. The Labute approximate surface area is 208 Å². The largest absolute Gasteiger partial charge is 0.490 e. The van der Waals surface area contributed by atoms with Crippen LogP contribution in [-0.4, -0.2) is 52.3 Å². The summed E-state index contributed by atoms with van der Waals surface area (Å²) in [6.07, 6.45) is 8.23. The Morgan fingerprint density at radius 2 is 2.03 bits per heavy atom. The second-order valence-electron chi connectivity index (χ2n) is 10.9. The van der Waals surface area contributed by atoms with Gasteiger partial charge in [0.05, 0.1) is 19.3 Å². The van der Waals surface area contributed by atoms with E-state index in [1.165, 1.54) is 0 Å². The van der Waals surface area contributed by atoms with E-state index in [4.69, 9.17) is 14.2 Å². The van der Waals surface area contributed by atoms with Crippen molar-refractivity contribution in [1.29, 1.82) is 0 Å². The average Bonchev–Trinajstić information content (AvgIpc) is 3.31. The SMILES string of the molecule is CCOc1cccc2c1OC(C)(C)[C@H]1CC3(CCN(C(=O)CCn4ccnc4CC)CC3)CO[C@H]21. The van der Waals surface area contributed by atoms with Gasteiger partial charge in [0.2, 0.25) is 5.91 Å². The van der Waals surface area contributed by atoms with Crippen molar-refractivity contribution >= 4 is 5.91 Å². The summed E-state index contributed by atoms with van der Waals surface area (Å²) in [5, 5.41) is 0. The first kappa shape index (κ1) is 24.2. The van der Waals surface area contributed by atoms with E-state index in [2.05, 4.69) is 36.4 Å². The Morgan fingerprint density at radius 3 is 2.77 bits per heavy atom. The van der Waals surface area contributed by atoms with E-state index >= 15 is 0 Å². The van der Waals surface area contributed by atoms with E-state index in [0.717, 1.165) is 68.3 Å². The number of amides is 1. The molecule has 1 spiro atoms. The van der Waals surface area contributed by atoms with Gasteiger partial charge in [-0.2, -0.15) is 0 Å². The molecule has 4 heterocycles. The Hall–Kier alpha value is -2.54. The third-order valence-electron chi connectivity index (χ3n) is 8.32. The molecule has 1 amide bonds. The highest BCUT2D eigenvalue weighted by atomic mass is 16.5. The molecule has 2 saturated heterocycles. The zero-order valence-corrected chi connectivity index (χ0v) is 21.6. The van der Waals surface area contributed by atoms with Gasteiger partial charge in [0.25, 0.3) is 0 Å². The minimum absolute atomic E-state index is 0.0161. The third kappa shape index (κ3) is 4.55. The number of para-hydroxylation sites is 1. The topological polar surface area (TPSA) is 65.8 Å². The van der Waals surface area contributed by atoms with Crippen LogP contribution in [0.3, 0.4) is 0 Å². The lowest BCUT2D eigenvalue weighted by molar-refractivity contribution is -0.176. The van der Waals surface area contributed by atoms with Crippen LogP contribution >= 0.6 is 0 Å². The second-order valence-corrected chi connectivity index (χ2v) is 10.9. The van der Waals surface area contributed by atoms with E-state index in [1.807, 2.05) is 36.4 Å². The van der Waals surface area contributed by atoms with Crippen molar-refractivity contribution in [3.8, 4) is 11.5 Å². The maximum Gasteiger partial charge on any atom is 0.224 e. The summed E-state index contributed by atoms with van der Waals surface area (Å²) >= 11 is 0. The Bertz CT molecular complexity index is 1050. The predicted octanol–water partition coefficient (Wildman–Crippen LogP) is 4.79. The number of rotatable bonds is 6. The molecule has 35 heavy (non-hydrogen) atoms. The van der Waals surface area contributed by atoms with E-state index < -0.39 is 0 Å². The molecule has 3 aliphatic rings. The van der Waals surface area contributed by atoms with Crippen LogP contribution in [-0.2, 0) is 22.5 Å². The maximum atomic E-state index is 12.9. The summed E-state index contributed by atoms with van der Waals surface area (Å²) in [6, 6.07) is 6.13. The predicted molar refractivity (Wildman–Crippen MR) is 134 cm³/mol. The van der Waals surface area contributed by atoms with Gasteiger partial charge >= 0.3 is 0 Å². The molecule has 7 heteroatoms.